The summed E-state index contributed by atoms with van der Waals surface area (Å²) < 4.78 is 0. The summed E-state index contributed by atoms with van der Waals surface area (Å²) in [6, 6.07) is 10.2. The molecule has 0 aliphatic rings. The van der Waals surface area contributed by atoms with E-state index in [0.717, 1.165) is 13.1 Å². The standard InChI is InChI=1S/C13H20N2/c1-15(2)11-7-6-10-14-12-13-8-4-3-5-9-13/h3-5,8-9,12H,6-7,10-11H2,1-2H3. The van der Waals surface area contributed by atoms with Crippen molar-refractivity contribution < 1.29 is 0 Å². The fraction of sp³-hybridized carbons (Fsp3) is 0.462. The highest BCUT2D eigenvalue weighted by Gasteiger charge is 1.89. The van der Waals surface area contributed by atoms with Gasteiger partial charge in [0.25, 0.3) is 0 Å². The quantitative estimate of drug-likeness (QED) is 0.513. The molecule has 0 aromatic heterocycles. The van der Waals surface area contributed by atoms with Crippen molar-refractivity contribution in [3.8, 4) is 0 Å². The summed E-state index contributed by atoms with van der Waals surface area (Å²) in [6.07, 6.45) is 4.34. The Morgan fingerprint density at radius 2 is 1.87 bits per heavy atom. The second-order valence-electron chi connectivity index (χ2n) is 3.96. The first-order chi connectivity index (χ1) is 7.29. The number of rotatable bonds is 6. The molecule has 0 unspecified atom stereocenters. The molecule has 1 aromatic rings. The largest absolute Gasteiger partial charge is 0.309 e. The zero-order valence-corrected chi connectivity index (χ0v) is 9.69. The van der Waals surface area contributed by atoms with Crippen molar-refractivity contribution in [1.29, 1.82) is 0 Å². The Labute approximate surface area is 92.6 Å². The summed E-state index contributed by atoms with van der Waals surface area (Å²) in [5.41, 5.74) is 1.19. The molecule has 0 fully saturated rings. The van der Waals surface area contributed by atoms with E-state index >= 15 is 0 Å². The first kappa shape index (κ1) is 11.9. The zero-order chi connectivity index (χ0) is 10.9. The molecule has 0 N–H and O–H groups in total. The molecular weight excluding hydrogens is 184 g/mol. The first-order valence-electron chi connectivity index (χ1n) is 5.48. The Bertz CT molecular complexity index is 278. The van der Waals surface area contributed by atoms with E-state index in [1.807, 2.05) is 24.4 Å². The van der Waals surface area contributed by atoms with Crippen LogP contribution in [0.5, 0.6) is 0 Å². The molecule has 1 rings (SSSR count). The van der Waals surface area contributed by atoms with Crippen LogP contribution >= 0.6 is 0 Å². The van der Waals surface area contributed by atoms with Gasteiger partial charge in [-0.25, -0.2) is 0 Å². The molecule has 1 aromatic carbocycles. The van der Waals surface area contributed by atoms with Crippen molar-refractivity contribution in [2.24, 2.45) is 4.99 Å². The van der Waals surface area contributed by atoms with Gasteiger partial charge >= 0.3 is 0 Å². The summed E-state index contributed by atoms with van der Waals surface area (Å²) in [5.74, 6) is 0. The summed E-state index contributed by atoms with van der Waals surface area (Å²) in [5, 5.41) is 0. The summed E-state index contributed by atoms with van der Waals surface area (Å²) in [6.45, 7) is 2.09. The fourth-order valence-corrected chi connectivity index (χ4v) is 1.34. The van der Waals surface area contributed by atoms with Gasteiger partial charge in [-0.2, -0.15) is 0 Å². The van der Waals surface area contributed by atoms with Crippen molar-refractivity contribution in [3.05, 3.63) is 35.9 Å². The molecule has 15 heavy (non-hydrogen) atoms. The maximum Gasteiger partial charge on any atom is 0.0390 e. The normalized spacial score (nSPS) is 11.4. The number of hydrogen-bond acceptors (Lipinski definition) is 2. The molecule has 0 bridgehead atoms. The number of hydrogen-bond donors (Lipinski definition) is 0. The van der Waals surface area contributed by atoms with Crippen LogP contribution in [0.1, 0.15) is 18.4 Å². The van der Waals surface area contributed by atoms with E-state index in [-0.39, 0.29) is 0 Å². The third-order valence-electron chi connectivity index (χ3n) is 2.18. The van der Waals surface area contributed by atoms with Gasteiger partial charge in [0, 0.05) is 12.8 Å². The summed E-state index contributed by atoms with van der Waals surface area (Å²) >= 11 is 0. The summed E-state index contributed by atoms with van der Waals surface area (Å²) in [7, 11) is 4.21. The lowest BCUT2D eigenvalue weighted by molar-refractivity contribution is 0.396. The second kappa shape index (κ2) is 7.18. The molecule has 82 valence electrons. The van der Waals surface area contributed by atoms with Gasteiger partial charge in [0.05, 0.1) is 0 Å². The number of benzene rings is 1. The number of aliphatic imine (C=N–C) groups is 1. The van der Waals surface area contributed by atoms with E-state index in [1.165, 1.54) is 18.4 Å². The smallest absolute Gasteiger partial charge is 0.0390 e. The van der Waals surface area contributed by atoms with Gasteiger partial charge in [-0.05, 0) is 39.0 Å². The van der Waals surface area contributed by atoms with Crippen LogP contribution in [-0.4, -0.2) is 38.3 Å². The molecule has 0 spiro atoms. The van der Waals surface area contributed by atoms with E-state index in [2.05, 4.69) is 36.1 Å². The maximum absolute atomic E-state index is 4.39. The highest BCUT2D eigenvalue weighted by atomic mass is 15.0. The van der Waals surface area contributed by atoms with Crippen molar-refractivity contribution in [1.82, 2.24) is 4.90 Å². The van der Waals surface area contributed by atoms with Crippen molar-refractivity contribution in [2.45, 2.75) is 12.8 Å². The first-order valence-corrected chi connectivity index (χ1v) is 5.48. The zero-order valence-electron chi connectivity index (χ0n) is 9.69. The van der Waals surface area contributed by atoms with Crippen LogP contribution in [0.15, 0.2) is 35.3 Å². The average molecular weight is 204 g/mol. The lowest BCUT2D eigenvalue weighted by Gasteiger charge is -2.07. The van der Waals surface area contributed by atoms with Crippen LogP contribution in [-0.2, 0) is 0 Å². The minimum Gasteiger partial charge on any atom is -0.309 e. The number of unbranched alkanes of at least 4 members (excludes halogenated alkanes) is 1. The van der Waals surface area contributed by atoms with Gasteiger partial charge in [0.1, 0.15) is 0 Å². The van der Waals surface area contributed by atoms with Crippen LogP contribution in [0.25, 0.3) is 0 Å². The Hall–Kier alpha value is -1.15. The predicted molar refractivity (Wildman–Crippen MR) is 66.7 cm³/mol. The third kappa shape index (κ3) is 6.02. The predicted octanol–water partition coefficient (Wildman–Crippen LogP) is 2.45. The minimum atomic E-state index is 0.933. The Morgan fingerprint density at radius 3 is 2.53 bits per heavy atom. The average Bonchev–Trinajstić information content (AvgIpc) is 2.24. The van der Waals surface area contributed by atoms with Crippen LogP contribution in [0.3, 0.4) is 0 Å². The molecule has 0 heterocycles. The molecule has 0 atom stereocenters. The van der Waals surface area contributed by atoms with Crippen molar-refractivity contribution in [2.75, 3.05) is 27.2 Å². The Morgan fingerprint density at radius 1 is 1.13 bits per heavy atom. The molecule has 0 amide bonds. The maximum atomic E-state index is 4.39. The Kier molecular flexibility index (Phi) is 5.71. The second-order valence-corrected chi connectivity index (χ2v) is 3.96. The SMILES string of the molecule is CN(C)CCCCN=Cc1ccccc1. The van der Waals surface area contributed by atoms with E-state index in [9.17, 15) is 0 Å². The van der Waals surface area contributed by atoms with E-state index < -0.39 is 0 Å². The van der Waals surface area contributed by atoms with E-state index in [4.69, 9.17) is 0 Å². The molecule has 0 aliphatic heterocycles. The van der Waals surface area contributed by atoms with Gasteiger partial charge < -0.3 is 4.90 Å². The topological polar surface area (TPSA) is 15.6 Å². The molecule has 0 saturated heterocycles. The monoisotopic (exact) mass is 204 g/mol. The molecular formula is C13H20N2. The van der Waals surface area contributed by atoms with Gasteiger partial charge in [-0.3, -0.25) is 4.99 Å². The van der Waals surface area contributed by atoms with E-state index in [1.54, 1.807) is 0 Å². The van der Waals surface area contributed by atoms with Crippen LogP contribution in [0.2, 0.25) is 0 Å². The Balaban J connectivity index is 2.12. The van der Waals surface area contributed by atoms with E-state index in [0.29, 0.717) is 0 Å². The number of nitrogens with zero attached hydrogens (tertiary/aromatic N) is 2. The lowest BCUT2D eigenvalue weighted by atomic mass is 10.2. The molecule has 0 aliphatic carbocycles. The van der Waals surface area contributed by atoms with Crippen molar-refractivity contribution >= 4 is 6.21 Å². The molecule has 2 nitrogen and oxygen atoms in total. The molecule has 0 radical (unpaired) electrons. The van der Waals surface area contributed by atoms with Gasteiger partial charge in [0.15, 0.2) is 0 Å². The highest BCUT2D eigenvalue weighted by Crippen LogP contribution is 1.95. The van der Waals surface area contributed by atoms with Gasteiger partial charge in [-0.1, -0.05) is 30.3 Å². The summed E-state index contributed by atoms with van der Waals surface area (Å²) in [4.78, 5) is 6.60. The highest BCUT2D eigenvalue weighted by molar-refractivity contribution is 5.79. The lowest BCUT2D eigenvalue weighted by Crippen LogP contribution is -2.12. The van der Waals surface area contributed by atoms with Crippen LogP contribution < -0.4 is 0 Å². The minimum absolute atomic E-state index is 0.933. The van der Waals surface area contributed by atoms with Crippen LogP contribution in [0.4, 0.5) is 0 Å². The van der Waals surface area contributed by atoms with Gasteiger partial charge in [0.2, 0.25) is 0 Å². The molecule has 0 saturated carbocycles. The van der Waals surface area contributed by atoms with Gasteiger partial charge in [-0.15, -0.1) is 0 Å². The van der Waals surface area contributed by atoms with Crippen molar-refractivity contribution in [3.63, 3.8) is 0 Å². The third-order valence-corrected chi connectivity index (χ3v) is 2.18. The molecule has 2 heteroatoms. The van der Waals surface area contributed by atoms with Crippen LogP contribution in [0, 0.1) is 0 Å². The fourth-order valence-electron chi connectivity index (χ4n) is 1.34.